The summed E-state index contributed by atoms with van der Waals surface area (Å²) < 4.78 is 6.93. The van der Waals surface area contributed by atoms with Crippen LogP contribution in [0.2, 0.25) is 5.02 Å². The second-order valence-corrected chi connectivity index (χ2v) is 7.69. The number of aromatic nitrogens is 2. The third kappa shape index (κ3) is 5.04. The van der Waals surface area contributed by atoms with E-state index in [2.05, 4.69) is 5.10 Å². The molecule has 28 heavy (non-hydrogen) atoms. The van der Waals surface area contributed by atoms with Gasteiger partial charge in [-0.05, 0) is 30.5 Å². The quantitative estimate of drug-likeness (QED) is 0.782. The van der Waals surface area contributed by atoms with Gasteiger partial charge in [-0.25, -0.2) is 9.48 Å². The molecule has 7 nitrogen and oxygen atoms in total. The monoisotopic (exact) mass is 404 g/mol. The van der Waals surface area contributed by atoms with Crippen LogP contribution in [0.1, 0.15) is 30.6 Å². The molecule has 0 spiro atoms. The SMILES string of the molecule is CC(C)COC(=O)N1CCCN(C(=O)c2cnn(-c3cccc(Cl)c3)c2)CC1. The van der Waals surface area contributed by atoms with Crippen LogP contribution in [-0.2, 0) is 4.74 Å². The molecule has 0 N–H and O–H groups in total. The van der Waals surface area contributed by atoms with Crippen LogP contribution in [0.4, 0.5) is 4.79 Å². The lowest BCUT2D eigenvalue weighted by molar-refractivity contribution is 0.0746. The smallest absolute Gasteiger partial charge is 0.409 e. The number of nitrogens with zero attached hydrogens (tertiary/aromatic N) is 4. The summed E-state index contributed by atoms with van der Waals surface area (Å²) in [6, 6.07) is 7.29. The molecule has 0 unspecified atom stereocenters. The van der Waals surface area contributed by atoms with Crippen molar-refractivity contribution in [1.29, 1.82) is 0 Å². The molecule has 0 bridgehead atoms. The molecule has 0 radical (unpaired) electrons. The average Bonchev–Trinajstić information content (AvgIpc) is 3.03. The number of hydrogen-bond donors (Lipinski definition) is 0. The highest BCUT2D eigenvalue weighted by Crippen LogP contribution is 2.16. The second kappa shape index (κ2) is 9.10. The summed E-state index contributed by atoms with van der Waals surface area (Å²) in [5.74, 6) is 0.204. The van der Waals surface area contributed by atoms with Gasteiger partial charge in [-0.2, -0.15) is 5.10 Å². The normalized spacial score (nSPS) is 14.9. The number of hydrogen-bond acceptors (Lipinski definition) is 4. The lowest BCUT2D eigenvalue weighted by Crippen LogP contribution is -2.37. The Morgan fingerprint density at radius 1 is 1.18 bits per heavy atom. The van der Waals surface area contributed by atoms with Gasteiger partial charge in [0.25, 0.3) is 5.91 Å². The van der Waals surface area contributed by atoms with Crippen LogP contribution in [0.25, 0.3) is 5.69 Å². The van der Waals surface area contributed by atoms with Crippen LogP contribution in [0.15, 0.2) is 36.7 Å². The van der Waals surface area contributed by atoms with E-state index in [1.54, 1.807) is 39.0 Å². The molecule has 2 aromatic rings. The maximum Gasteiger partial charge on any atom is 0.409 e. The Morgan fingerprint density at radius 3 is 2.68 bits per heavy atom. The fraction of sp³-hybridized carbons (Fsp3) is 0.450. The van der Waals surface area contributed by atoms with Gasteiger partial charge in [0.05, 0.1) is 24.1 Å². The number of halogens is 1. The molecule has 0 atom stereocenters. The minimum absolute atomic E-state index is 0.0920. The van der Waals surface area contributed by atoms with E-state index in [0.29, 0.717) is 55.7 Å². The van der Waals surface area contributed by atoms with Crippen LogP contribution in [0.3, 0.4) is 0 Å². The van der Waals surface area contributed by atoms with Gasteiger partial charge in [-0.3, -0.25) is 4.79 Å². The molecule has 0 aliphatic carbocycles. The third-order valence-corrected chi connectivity index (χ3v) is 4.72. The largest absolute Gasteiger partial charge is 0.449 e. The van der Waals surface area contributed by atoms with Gasteiger partial charge in [0, 0.05) is 37.4 Å². The van der Waals surface area contributed by atoms with Gasteiger partial charge in [-0.1, -0.05) is 31.5 Å². The zero-order valence-electron chi connectivity index (χ0n) is 16.2. The fourth-order valence-electron chi connectivity index (χ4n) is 3.01. The Hall–Kier alpha value is -2.54. The number of carbonyl (C=O) groups excluding carboxylic acids is 2. The summed E-state index contributed by atoms with van der Waals surface area (Å²) in [5.41, 5.74) is 1.30. The Morgan fingerprint density at radius 2 is 1.93 bits per heavy atom. The van der Waals surface area contributed by atoms with Gasteiger partial charge in [0.15, 0.2) is 0 Å². The van der Waals surface area contributed by atoms with Crippen molar-refractivity contribution in [2.45, 2.75) is 20.3 Å². The lowest BCUT2D eigenvalue weighted by Gasteiger charge is -2.22. The highest BCUT2D eigenvalue weighted by atomic mass is 35.5. The highest BCUT2D eigenvalue weighted by Gasteiger charge is 2.24. The van der Waals surface area contributed by atoms with Gasteiger partial charge in [0.2, 0.25) is 0 Å². The first-order valence-electron chi connectivity index (χ1n) is 9.45. The summed E-state index contributed by atoms with van der Waals surface area (Å²) in [6.07, 6.45) is 3.66. The molecule has 1 aromatic heterocycles. The van der Waals surface area contributed by atoms with Gasteiger partial charge in [0.1, 0.15) is 0 Å². The van der Waals surface area contributed by atoms with E-state index in [4.69, 9.17) is 16.3 Å². The molecule has 2 heterocycles. The summed E-state index contributed by atoms with van der Waals surface area (Å²) in [5, 5.41) is 4.89. The highest BCUT2D eigenvalue weighted by molar-refractivity contribution is 6.30. The van der Waals surface area contributed by atoms with Crippen molar-refractivity contribution >= 4 is 23.6 Å². The fourth-order valence-corrected chi connectivity index (χ4v) is 3.19. The predicted octanol–water partition coefficient (Wildman–Crippen LogP) is 3.47. The minimum atomic E-state index is -0.309. The Balaban J connectivity index is 1.61. The summed E-state index contributed by atoms with van der Waals surface area (Å²) in [4.78, 5) is 28.5. The maximum atomic E-state index is 12.9. The number of benzene rings is 1. The second-order valence-electron chi connectivity index (χ2n) is 7.26. The first-order valence-corrected chi connectivity index (χ1v) is 9.83. The van der Waals surface area contributed by atoms with Crippen molar-refractivity contribution < 1.29 is 14.3 Å². The first kappa shape index (κ1) is 20.2. The van der Waals surface area contributed by atoms with Crippen LogP contribution in [0, 0.1) is 5.92 Å². The van der Waals surface area contributed by atoms with Crippen molar-refractivity contribution in [3.05, 3.63) is 47.2 Å². The molecular formula is C20H25ClN4O3. The van der Waals surface area contributed by atoms with Crippen LogP contribution in [0.5, 0.6) is 0 Å². The van der Waals surface area contributed by atoms with Gasteiger partial charge >= 0.3 is 6.09 Å². The van der Waals surface area contributed by atoms with Crippen LogP contribution in [-0.4, -0.2) is 64.4 Å². The standard InChI is InChI=1S/C20H25ClN4O3/c1-15(2)14-28-20(27)24-8-4-7-23(9-10-24)19(26)16-12-22-25(13-16)18-6-3-5-17(21)11-18/h3,5-6,11-13,15H,4,7-10,14H2,1-2H3. The molecule has 1 aromatic carbocycles. The average molecular weight is 405 g/mol. The molecular weight excluding hydrogens is 380 g/mol. The maximum absolute atomic E-state index is 12.9. The van der Waals surface area contributed by atoms with E-state index in [9.17, 15) is 9.59 Å². The van der Waals surface area contributed by atoms with Crippen molar-refractivity contribution in [3.63, 3.8) is 0 Å². The zero-order valence-corrected chi connectivity index (χ0v) is 16.9. The Labute approximate surface area is 169 Å². The zero-order chi connectivity index (χ0) is 20.1. The van der Waals surface area contributed by atoms with Crippen LogP contribution >= 0.6 is 11.6 Å². The van der Waals surface area contributed by atoms with Gasteiger partial charge < -0.3 is 14.5 Å². The summed E-state index contributed by atoms with van der Waals surface area (Å²) in [6.45, 7) is 6.51. The van der Waals surface area contributed by atoms with E-state index in [0.717, 1.165) is 5.69 Å². The number of ether oxygens (including phenoxy) is 1. The van der Waals surface area contributed by atoms with Crippen LogP contribution < -0.4 is 0 Å². The molecule has 8 heteroatoms. The predicted molar refractivity (Wildman–Crippen MR) is 107 cm³/mol. The van der Waals surface area contributed by atoms with Crippen molar-refractivity contribution in [3.8, 4) is 5.69 Å². The molecule has 150 valence electrons. The van der Waals surface area contributed by atoms with Crippen molar-refractivity contribution in [1.82, 2.24) is 19.6 Å². The van der Waals surface area contributed by atoms with Crippen molar-refractivity contribution in [2.24, 2.45) is 5.92 Å². The molecule has 1 saturated heterocycles. The number of amides is 2. The van der Waals surface area contributed by atoms with E-state index in [1.807, 2.05) is 26.0 Å². The Kier molecular flexibility index (Phi) is 6.57. The topological polar surface area (TPSA) is 67.7 Å². The lowest BCUT2D eigenvalue weighted by atomic mass is 10.2. The first-order chi connectivity index (χ1) is 13.4. The molecule has 2 amide bonds. The Bertz CT molecular complexity index is 836. The third-order valence-electron chi connectivity index (χ3n) is 4.48. The van der Waals surface area contributed by atoms with E-state index >= 15 is 0 Å². The molecule has 1 fully saturated rings. The molecule has 1 aliphatic heterocycles. The molecule has 1 aliphatic rings. The number of rotatable bonds is 4. The number of carbonyl (C=O) groups is 2. The summed E-state index contributed by atoms with van der Waals surface area (Å²) in [7, 11) is 0. The van der Waals surface area contributed by atoms with Gasteiger partial charge in [-0.15, -0.1) is 0 Å². The van der Waals surface area contributed by atoms with Crippen molar-refractivity contribution in [2.75, 3.05) is 32.8 Å². The van der Waals surface area contributed by atoms with E-state index in [-0.39, 0.29) is 12.0 Å². The minimum Gasteiger partial charge on any atom is -0.449 e. The van der Waals surface area contributed by atoms with E-state index < -0.39 is 0 Å². The van der Waals surface area contributed by atoms with E-state index in [1.165, 1.54) is 0 Å². The molecule has 3 rings (SSSR count). The molecule has 0 saturated carbocycles. The summed E-state index contributed by atoms with van der Waals surface area (Å²) >= 11 is 6.02.